The van der Waals surface area contributed by atoms with Crippen molar-refractivity contribution in [2.75, 3.05) is 13.1 Å². The van der Waals surface area contributed by atoms with Crippen LogP contribution < -0.4 is 5.56 Å². The summed E-state index contributed by atoms with van der Waals surface area (Å²) in [5.74, 6) is -0.239. The number of aromatic amines is 1. The SMILES string of the molecule is Cc1[nH]n2c(=O)cc(C3CCN(C(=O)OC(C)(C)C)CC3)nc2c1-c1ccc(F)cc1. The molecule has 1 N–H and O–H groups in total. The molecule has 1 amide bonds. The van der Waals surface area contributed by atoms with E-state index in [4.69, 9.17) is 9.72 Å². The third-order valence-electron chi connectivity index (χ3n) is 5.51. The predicted molar refractivity (Wildman–Crippen MR) is 116 cm³/mol. The molecule has 3 aromatic rings. The van der Waals surface area contributed by atoms with Crippen molar-refractivity contribution in [2.24, 2.45) is 0 Å². The van der Waals surface area contributed by atoms with Crippen molar-refractivity contribution in [3.63, 3.8) is 0 Å². The second kappa shape index (κ2) is 7.83. The Labute approximate surface area is 179 Å². The van der Waals surface area contributed by atoms with Crippen molar-refractivity contribution in [2.45, 2.75) is 52.1 Å². The lowest BCUT2D eigenvalue weighted by Gasteiger charge is -2.33. The highest BCUT2D eigenvalue weighted by Crippen LogP contribution is 2.30. The van der Waals surface area contributed by atoms with Crippen LogP contribution in [-0.4, -0.2) is 44.3 Å². The zero-order valence-corrected chi connectivity index (χ0v) is 18.2. The summed E-state index contributed by atoms with van der Waals surface area (Å²) in [5, 5.41) is 3.06. The van der Waals surface area contributed by atoms with Crippen molar-refractivity contribution in [1.29, 1.82) is 0 Å². The molecule has 164 valence electrons. The molecule has 31 heavy (non-hydrogen) atoms. The molecule has 1 saturated heterocycles. The zero-order chi connectivity index (χ0) is 22.3. The Morgan fingerprint density at radius 2 is 1.84 bits per heavy atom. The molecular weight excluding hydrogens is 399 g/mol. The number of rotatable bonds is 2. The van der Waals surface area contributed by atoms with E-state index in [0.717, 1.165) is 22.5 Å². The first-order valence-corrected chi connectivity index (χ1v) is 10.5. The molecule has 0 aliphatic carbocycles. The summed E-state index contributed by atoms with van der Waals surface area (Å²) < 4.78 is 20.3. The van der Waals surface area contributed by atoms with Crippen LogP contribution in [0.25, 0.3) is 16.8 Å². The number of likely N-dealkylation sites (tertiary alicyclic amines) is 1. The second-order valence-corrected chi connectivity index (χ2v) is 9.04. The van der Waals surface area contributed by atoms with Crippen LogP contribution in [-0.2, 0) is 4.74 Å². The second-order valence-electron chi connectivity index (χ2n) is 9.04. The highest BCUT2D eigenvalue weighted by molar-refractivity contribution is 5.79. The summed E-state index contributed by atoms with van der Waals surface area (Å²) in [6.07, 6.45) is 1.10. The molecule has 1 fully saturated rings. The van der Waals surface area contributed by atoms with Crippen LogP contribution in [0.15, 0.2) is 35.1 Å². The van der Waals surface area contributed by atoms with Gasteiger partial charge in [0.05, 0.1) is 5.69 Å². The maximum atomic E-state index is 13.4. The third-order valence-corrected chi connectivity index (χ3v) is 5.51. The summed E-state index contributed by atoms with van der Waals surface area (Å²) >= 11 is 0. The smallest absolute Gasteiger partial charge is 0.410 e. The Bertz CT molecular complexity index is 1170. The Morgan fingerprint density at radius 3 is 2.45 bits per heavy atom. The fraction of sp³-hybridized carbons (Fsp3) is 0.435. The van der Waals surface area contributed by atoms with Gasteiger partial charge in [0.25, 0.3) is 5.56 Å². The first kappa shape index (κ1) is 21.1. The summed E-state index contributed by atoms with van der Waals surface area (Å²) in [6.45, 7) is 8.52. The number of hydrogen-bond acceptors (Lipinski definition) is 4. The lowest BCUT2D eigenvalue weighted by atomic mass is 9.93. The van der Waals surface area contributed by atoms with E-state index in [1.165, 1.54) is 16.6 Å². The quantitative estimate of drug-likeness (QED) is 0.664. The number of halogens is 1. The van der Waals surface area contributed by atoms with Crippen LogP contribution in [0.1, 0.15) is 50.9 Å². The fourth-order valence-corrected chi connectivity index (χ4v) is 4.02. The Kier molecular flexibility index (Phi) is 5.33. The largest absolute Gasteiger partial charge is 0.444 e. The van der Waals surface area contributed by atoms with Crippen LogP contribution in [0.3, 0.4) is 0 Å². The monoisotopic (exact) mass is 426 g/mol. The van der Waals surface area contributed by atoms with Crippen LogP contribution in [0, 0.1) is 12.7 Å². The zero-order valence-electron chi connectivity index (χ0n) is 18.2. The van der Waals surface area contributed by atoms with E-state index in [2.05, 4.69) is 5.10 Å². The molecule has 7 nitrogen and oxygen atoms in total. The molecule has 0 saturated carbocycles. The molecule has 0 radical (unpaired) electrons. The molecule has 0 spiro atoms. The molecule has 1 aliphatic rings. The number of H-pyrrole nitrogens is 1. The summed E-state index contributed by atoms with van der Waals surface area (Å²) in [4.78, 5) is 31.6. The highest BCUT2D eigenvalue weighted by Gasteiger charge is 2.29. The van der Waals surface area contributed by atoms with Crippen LogP contribution in [0.5, 0.6) is 0 Å². The van der Waals surface area contributed by atoms with Gasteiger partial charge in [0.15, 0.2) is 5.65 Å². The van der Waals surface area contributed by atoms with Gasteiger partial charge in [-0.05, 0) is 58.2 Å². The van der Waals surface area contributed by atoms with Crippen LogP contribution in [0.4, 0.5) is 9.18 Å². The number of aryl methyl sites for hydroxylation is 1. The number of amides is 1. The van der Waals surface area contributed by atoms with E-state index in [1.807, 2.05) is 27.7 Å². The first-order chi connectivity index (χ1) is 14.6. The van der Waals surface area contributed by atoms with Crippen molar-refractivity contribution < 1.29 is 13.9 Å². The average molecular weight is 426 g/mol. The maximum absolute atomic E-state index is 13.4. The molecule has 1 aromatic carbocycles. The predicted octanol–water partition coefficient (Wildman–Crippen LogP) is 4.25. The first-order valence-electron chi connectivity index (χ1n) is 10.5. The van der Waals surface area contributed by atoms with Gasteiger partial charge in [-0.15, -0.1) is 0 Å². The van der Waals surface area contributed by atoms with Gasteiger partial charge < -0.3 is 9.64 Å². The number of aromatic nitrogens is 3. The van der Waals surface area contributed by atoms with E-state index in [-0.39, 0.29) is 23.4 Å². The van der Waals surface area contributed by atoms with Gasteiger partial charge in [0, 0.05) is 36.3 Å². The summed E-state index contributed by atoms with van der Waals surface area (Å²) in [7, 11) is 0. The Morgan fingerprint density at radius 1 is 1.19 bits per heavy atom. The third kappa shape index (κ3) is 4.33. The van der Waals surface area contributed by atoms with E-state index in [9.17, 15) is 14.0 Å². The Balaban J connectivity index is 1.61. The van der Waals surface area contributed by atoms with Crippen molar-refractivity contribution in [1.82, 2.24) is 19.5 Å². The molecule has 2 aromatic heterocycles. The van der Waals surface area contributed by atoms with Gasteiger partial charge in [-0.25, -0.2) is 18.7 Å². The van der Waals surface area contributed by atoms with Crippen LogP contribution in [0.2, 0.25) is 0 Å². The molecule has 0 bridgehead atoms. The number of hydrogen-bond donors (Lipinski definition) is 1. The lowest BCUT2D eigenvalue weighted by Crippen LogP contribution is -2.41. The van der Waals surface area contributed by atoms with Gasteiger partial charge in [0.2, 0.25) is 0 Å². The lowest BCUT2D eigenvalue weighted by molar-refractivity contribution is 0.0204. The minimum absolute atomic E-state index is 0.0765. The number of carbonyl (C=O) groups is 1. The molecule has 1 aliphatic heterocycles. The molecule has 0 atom stereocenters. The number of benzene rings is 1. The Hall–Kier alpha value is -3.16. The van der Waals surface area contributed by atoms with E-state index < -0.39 is 5.60 Å². The number of carbonyl (C=O) groups excluding carboxylic acids is 1. The van der Waals surface area contributed by atoms with E-state index in [0.29, 0.717) is 31.6 Å². The van der Waals surface area contributed by atoms with Gasteiger partial charge in [-0.2, -0.15) is 0 Å². The van der Waals surface area contributed by atoms with E-state index in [1.54, 1.807) is 23.1 Å². The molecule has 3 heterocycles. The summed E-state index contributed by atoms with van der Waals surface area (Å²) in [6, 6.07) is 7.72. The van der Waals surface area contributed by atoms with Crippen molar-refractivity contribution in [3.8, 4) is 11.1 Å². The highest BCUT2D eigenvalue weighted by atomic mass is 19.1. The van der Waals surface area contributed by atoms with E-state index >= 15 is 0 Å². The number of fused-ring (bicyclic) bond motifs is 1. The molecule has 0 unspecified atom stereocenters. The topological polar surface area (TPSA) is 79.7 Å². The van der Waals surface area contributed by atoms with Gasteiger partial charge in [0.1, 0.15) is 11.4 Å². The van der Waals surface area contributed by atoms with Gasteiger partial charge in [-0.1, -0.05) is 12.1 Å². The molecule has 4 rings (SSSR count). The molecule has 8 heteroatoms. The van der Waals surface area contributed by atoms with Crippen molar-refractivity contribution >= 4 is 11.7 Å². The minimum atomic E-state index is -0.530. The standard InChI is InChI=1S/C23H27FN4O3/c1-14-20(16-5-7-17(24)8-6-16)21-25-18(13-19(29)28(21)26-14)15-9-11-27(12-10-15)22(30)31-23(2,3)4/h5-8,13,15,26H,9-12H2,1-4H3. The number of nitrogens with one attached hydrogen (secondary N) is 1. The normalized spacial score (nSPS) is 15.5. The number of ether oxygens (including phenoxy) is 1. The number of nitrogens with zero attached hydrogens (tertiary/aromatic N) is 3. The van der Waals surface area contributed by atoms with Gasteiger partial charge >= 0.3 is 6.09 Å². The fourth-order valence-electron chi connectivity index (χ4n) is 4.02. The van der Waals surface area contributed by atoms with Crippen LogP contribution >= 0.6 is 0 Å². The van der Waals surface area contributed by atoms with Gasteiger partial charge in [-0.3, -0.25) is 9.89 Å². The minimum Gasteiger partial charge on any atom is -0.444 e. The maximum Gasteiger partial charge on any atom is 0.410 e. The average Bonchev–Trinajstić information content (AvgIpc) is 3.04. The summed E-state index contributed by atoms with van der Waals surface area (Å²) in [5.41, 5.74) is 2.89. The van der Waals surface area contributed by atoms with Crippen molar-refractivity contribution in [3.05, 3.63) is 57.9 Å². The molecular formula is C23H27FN4O3. The number of piperidine rings is 1.